The maximum Gasteiger partial charge on any atom is 0.430 e. The first-order chi connectivity index (χ1) is 17.6. The third-order valence-corrected chi connectivity index (χ3v) is 5.94. The third kappa shape index (κ3) is 13.8. The lowest BCUT2D eigenvalue weighted by molar-refractivity contribution is -0.871. The van der Waals surface area contributed by atoms with Crippen molar-refractivity contribution in [1.82, 2.24) is 5.32 Å². The molecule has 0 aliphatic rings. The van der Waals surface area contributed by atoms with Gasteiger partial charge in [0.25, 0.3) is 5.91 Å². The number of carboxylic acid groups (broad SMARTS) is 2. The predicted molar refractivity (Wildman–Crippen MR) is 137 cm³/mol. The van der Waals surface area contributed by atoms with Crippen molar-refractivity contribution in [2.75, 3.05) is 27.7 Å². The molecule has 208 valence electrons. The lowest BCUT2D eigenvalue weighted by Crippen LogP contribution is -2.49. The first-order valence-corrected chi connectivity index (χ1v) is 12.7. The van der Waals surface area contributed by atoms with E-state index in [2.05, 4.69) is 36.2 Å². The van der Waals surface area contributed by atoms with Crippen molar-refractivity contribution >= 4 is 29.2 Å². The van der Waals surface area contributed by atoms with Crippen molar-refractivity contribution in [1.29, 1.82) is 0 Å². The van der Waals surface area contributed by atoms with Crippen LogP contribution < -0.4 is 10.4 Å². The molecule has 1 aromatic heterocycles. The summed E-state index contributed by atoms with van der Waals surface area (Å²) in [5.41, 5.74) is 2.28. The average molecular weight is 555 g/mol. The number of halogens is 3. The van der Waals surface area contributed by atoms with E-state index in [9.17, 15) is 22.8 Å². The number of rotatable bonds is 10. The number of benzene rings is 1. The van der Waals surface area contributed by atoms with E-state index in [0.29, 0.717) is 15.9 Å². The standard InChI is InChI=1S/C25H32N2O3S.C2HF3O2/c1-5-6-7-8-19-9-11-20(12-10-19)13-14-22-15-16-23(31-22)25(30)26-21(17-24(28)29)18-27(2,3)4;3-2(4,5)1(6)7/h9-12,15-16,21H,5-8,17-18H2,1-4H3,(H-,26,28,29,30);(H,6,7)/t21-;/m1./s1. The number of nitrogens with zero attached hydrogens (tertiary/aromatic N) is 1. The van der Waals surface area contributed by atoms with Gasteiger partial charge in [-0.25, -0.2) is 0 Å². The number of hydrogen-bond acceptors (Lipinski definition) is 5. The predicted octanol–water partition coefficient (Wildman–Crippen LogP) is 3.46. The Morgan fingerprint density at radius 3 is 2.16 bits per heavy atom. The summed E-state index contributed by atoms with van der Waals surface area (Å²) in [6, 6.07) is 11.5. The number of carbonyl (C=O) groups excluding carboxylic acids is 2. The molecule has 2 N–H and O–H groups in total. The molecule has 2 rings (SSSR count). The second-order valence-electron chi connectivity index (χ2n) is 9.59. The highest BCUT2D eigenvalue weighted by molar-refractivity contribution is 7.14. The van der Waals surface area contributed by atoms with Crippen molar-refractivity contribution in [2.24, 2.45) is 0 Å². The van der Waals surface area contributed by atoms with Crippen LogP contribution in [0, 0.1) is 11.8 Å². The first-order valence-electron chi connectivity index (χ1n) is 11.9. The Morgan fingerprint density at radius 1 is 1.05 bits per heavy atom. The van der Waals surface area contributed by atoms with Crippen LogP contribution in [0.15, 0.2) is 36.4 Å². The highest BCUT2D eigenvalue weighted by Gasteiger charge is 2.29. The highest BCUT2D eigenvalue weighted by Crippen LogP contribution is 2.17. The van der Waals surface area contributed by atoms with Gasteiger partial charge in [-0.05, 0) is 42.7 Å². The minimum Gasteiger partial charge on any atom is -0.542 e. The molecule has 0 aliphatic carbocycles. The van der Waals surface area contributed by atoms with E-state index in [1.54, 1.807) is 6.07 Å². The van der Waals surface area contributed by atoms with E-state index in [0.717, 1.165) is 16.9 Å². The van der Waals surface area contributed by atoms with Gasteiger partial charge in [-0.15, -0.1) is 11.3 Å². The van der Waals surface area contributed by atoms with Crippen LogP contribution in [-0.4, -0.2) is 67.3 Å². The van der Waals surface area contributed by atoms with Gasteiger partial charge in [0, 0.05) is 5.56 Å². The normalized spacial score (nSPS) is 11.9. The van der Waals surface area contributed by atoms with Crippen molar-refractivity contribution in [2.45, 2.75) is 51.2 Å². The van der Waals surface area contributed by atoms with E-state index >= 15 is 0 Å². The number of quaternary nitrogens is 1. The van der Waals surface area contributed by atoms with Crippen molar-refractivity contribution in [3.63, 3.8) is 0 Å². The molecule has 0 saturated heterocycles. The molecule has 1 heterocycles. The molecule has 0 saturated carbocycles. The van der Waals surface area contributed by atoms with Gasteiger partial charge in [-0.1, -0.05) is 43.7 Å². The summed E-state index contributed by atoms with van der Waals surface area (Å²) in [4.78, 5) is 33.9. The van der Waals surface area contributed by atoms with E-state index in [1.807, 2.05) is 39.3 Å². The van der Waals surface area contributed by atoms with Crippen LogP contribution >= 0.6 is 11.3 Å². The molecule has 0 spiro atoms. The van der Waals surface area contributed by atoms with Crippen LogP contribution in [-0.2, 0) is 16.0 Å². The monoisotopic (exact) mass is 554 g/mol. The van der Waals surface area contributed by atoms with E-state index in [4.69, 9.17) is 15.0 Å². The van der Waals surface area contributed by atoms with Gasteiger partial charge in [0.1, 0.15) is 5.97 Å². The molecule has 0 bridgehead atoms. The molecule has 0 unspecified atom stereocenters. The maximum atomic E-state index is 12.6. The second kappa shape index (κ2) is 15.1. The summed E-state index contributed by atoms with van der Waals surface area (Å²) in [5.74, 6) is 2.09. The van der Waals surface area contributed by atoms with Crippen LogP contribution in [0.25, 0.3) is 0 Å². The molecule has 38 heavy (non-hydrogen) atoms. The number of hydrogen-bond donors (Lipinski definition) is 2. The summed E-state index contributed by atoms with van der Waals surface area (Å²) in [6.07, 6.45) is -0.512. The Balaban J connectivity index is 0.000000905. The number of thiophene rings is 1. The van der Waals surface area contributed by atoms with Crippen molar-refractivity contribution in [3.8, 4) is 11.8 Å². The SMILES string of the molecule is CCCCCc1ccc(C#Cc2ccc(C(=O)N[C@H](CC(=O)O)C[N+](C)(C)C)s2)cc1.O=C([O-])C(F)(F)F. The fraction of sp³-hybridized carbons (Fsp3) is 0.444. The highest BCUT2D eigenvalue weighted by atomic mass is 32.1. The van der Waals surface area contributed by atoms with Gasteiger partial charge < -0.3 is 24.8 Å². The maximum absolute atomic E-state index is 12.6. The second-order valence-corrected chi connectivity index (χ2v) is 10.7. The quantitative estimate of drug-likeness (QED) is 0.266. The van der Waals surface area contributed by atoms with Gasteiger partial charge in [0.15, 0.2) is 0 Å². The van der Waals surface area contributed by atoms with Gasteiger partial charge in [0.05, 0.1) is 49.9 Å². The largest absolute Gasteiger partial charge is 0.542 e. The zero-order chi connectivity index (χ0) is 28.9. The number of aliphatic carboxylic acids is 2. The number of nitrogens with one attached hydrogen (secondary N) is 1. The molecular weight excluding hydrogens is 521 g/mol. The van der Waals surface area contributed by atoms with E-state index in [1.165, 1.54) is 36.2 Å². The fourth-order valence-electron chi connectivity index (χ4n) is 3.28. The molecule has 0 fully saturated rings. The average Bonchev–Trinajstić information content (AvgIpc) is 3.26. The summed E-state index contributed by atoms with van der Waals surface area (Å²) >= 11 is 1.32. The van der Waals surface area contributed by atoms with Crippen LogP contribution in [0.5, 0.6) is 0 Å². The summed E-state index contributed by atoms with van der Waals surface area (Å²) < 4.78 is 32.1. The van der Waals surface area contributed by atoms with Crippen molar-refractivity contribution in [3.05, 3.63) is 57.3 Å². The number of likely N-dealkylation sites (N-methyl/N-ethyl adjacent to an activating group) is 1. The van der Waals surface area contributed by atoms with Crippen LogP contribution in [0.1, 0.15) is 58.3 Å². The number of aryl methyl sites for hydroxylation is 1. The molecule has 7 nitrogen and oxygen atoms in total. The number of carboxylic acids is 2. The van der Waals surface area contributed by atoms with Gasteiger partial charge in [-0.3, -0.25) is 9.59 Å². The van der Waals surface area contributed by atoms with Gasteiger partial charge in [-0.2, -0.15) is 13.2 Å². The molecule has 2 aromatic rings. The first kappa shape index (κ1) is 32.7. The number of carbonyl (C=O) groups is 3. The minimum atomic E-state index is -5.19. The Kier molecular flexibility index (Phi) is 13.0. The topological polar surface area (TPSA) is 107 Å². The summed E-state index contributed by atoms with van der Waals surface area (Å²) in [6.45, 7) is 2.74. The summed E-state index contributed by atoms with van der Waals surface area (Å²) in [7, 11) is 5.91. The molecular formula is C27H33F3N2O5S. The van der Waals surface area contributed by atoms with Crippen LogP contribution in [0.2, 0.25) is 0 Å². The van der Waals surface area contributed by atoms with Gasteiger partial charge in [0.2, 0.25) is 0 Å². The zero-order valence-corrected chi connectivity index (χ0v) is 22.7. The fourth-order valence-corrected chi connectivity index (χ4v) is 4.05. The lowest BCUT2D eigenvalue weighted by atomic mass is 10.1. The Hall–Kier alpha value is -3.36. The van der Waals surface area contributed by atoms with E-state index in [-0.39, 0.29) is 12.3 Å². The smallest absolute Gasteiger partial charge is 0.430 e. The molecule has 1 aromatic carbocycles. The van der Waals surface area contributed by atoms with Gasteiger partial charge >= 0.3 is 12.1 Å². The number of amides is 1. The lowest BCUT2D eigenvalue weighted by Gasteiger charge is -2.29. The van der Waals surface area contributed by atoms with Crippen LogP contribution in [0.3, 0.4) is 0 Å². The molecule has 0 aliphatic heterocycles. The Labute approximate surface area is 224 Å². The summed E-state index contributed by atoms with van der Waals surface area (Å²) in [5, 5.41) is 20.8. The third-order valence-electron chi connectivity index (χ3n) is 4.94. The van der Waals surface area contributed by atoms with Crippen molar-refractivity contribution < 1.29 is 42.3 Å². The Morgan fingerprint density at radius 2 is 1.66 bits per heavy atom. The van der Waals surface area contributed by atoms with Crippen LogP contribution in [0.4, 0.5) is 13.2 Å². The number of alkyl halides is 3. The zero-order valence-electron chi connectivity index (χ0n) is 21.9. The minimum absolute atomic E-state index is 0.103. The Bertz CT molecular complexity index is 1130. The molecule has 11 heteroatoms. The number of unbranched alkanes of at least 4 members (excludes halogenated alkanes) is 2. The molecule has 0 radical (unpaired) electrons. The molecule has 1 amide bonds. The van der Waals surface area contributed by atoms with E-state index < -0.39 is 24.2 Å². The molecule has 1 atom stereocenters.